The van der Waals surface area contributed by atoms with Crippen molar-refractivity contribution in [1.82, 2.24) is 10.2 Å². The van der Waals surface area contributed by atoms with Crippen molar-refractivity contribution >= 4 is 39.2 Å². The molecule has 1 saturated heterocycles. The Kier molecular flexibility index (Phi) is 8.52. The highest BCUT2D eigenvalue weighted by Gasteiger charge is 2.35. The highest BCUT2D eigenvalue weighted by molar-refractivity contribution is 7.91. The van der Waals surface area contributed by atoms with Gasteiger partial charge in [0.2, 0.25) is 0 Å². The minimum Gasteiger partial charge on any atom is -0.479 e. The molecule has 0 saturated carbocycles. The van der Waals surface area contributed by atoms with E-state index in [0.717, 1.165) is 22.9 Å². The van der Waals surface area contributed by atoms with Crippen LogP contribution in [-0.2, 0) is 30.6 Å². The van der Waals surface area contributed by atoms with Crippen LogP contribution in [0.5, 0.6) is 0 Å². The predicted molar refractivity (Wildman–Crippen MR) is 131 cm³/mol. The zero-order valence-electron chi connectivity index (χ0n) is 19.1. The van der Waals surface area contributed by atoms with E-state index >= 15 is 0 Å². The highest BCUT2D eigenvalue weighted by Crippen LogP contribution is 2.23. The monoisotopic (exact) mass is 522 g/mol. The Morgan fingerprint density at radius 1 is 1.14 bits per heavy atom. The molecule has 0 spiro atoms. The first-order chi connectivity index (χ1) is 16.4. The molecule has 1 heterocycles. The number of nitrogens with zero attached hydrogens (tertiary/aromatic N) is 1. The van der Waals surface area contributed by atoms with Crippen LogP contribution in [0.1, 0.15) is 18.4 Å². The third-order valence-electron chi connectivity index (χ3n) is 5.95. The third-order valence-corrected chi connectivity index (χ3v) is 7.78. The molecule has 0 radical (unpaired) electrons. The second kappa shape index (κ2) is 11.2. The van der Waals surface area contributed by atoms with Crippen LogP contribution in [0.3, 0.4) is 0 Å². The van der Waals surface area contributed by atoms with Crippen LogP contribution >= 0.6 is 11.6 Å². The number of carboxylic acid groups (broad SMARTS) is 1. The molecule has 9 nitrogen and oxygen atoms in total. The Morgan fingerprint density at radius 3 is 2.40 bits per heavy atom. The maximum Gasteiger partial charge on any atom is 0.332 e. The van der Waals surface area contributed by atoms with Crippen molar-refractivity contribution in [3.63, 3.8) is 0 Å². The summed E-state index contributed by atoms with van der Waals surface area (Å²) in [7, 11) is -3.34. The molecule has 1 aliphatic rings. The Hall–Kier alpha value is -2.95. The molecule has 0 aromatic heterocycles. The van der Waals surface area contributed by atoms with Crippen LogP contribution in [0, 0.1) is 0 Å². The normalized spacial score (nSPS) is 17.6. The van der Waals surface area contributed by atoms with E-state index < -0.39 is 45.0 Å². The van der Waals surface area contributed by atoms with Gasteiger partial charge in [-0.25, -0.2) is 13.2 Å². The molecule has 188 valence electrons. The topological polar surface area (TPSA) is 141 Å². The molecule has 1 fully saturated rings. The summed E-state index contributed by atoms with van der Waals surface area (Å²) in [6.07, 6.45) is -0.533. The standard InChI is InChI=1S/C24H27ClN2O7S/c1-35(33,34)20-9-10-27(14-20)23(30)22(29)26-19(13-21(28)24(31)32)11-15-5-7-16(8-6-15)17-3-2-4-18(25)12-17/h2-8,12,19-21,28H,9-11,13-14H2,1H3,(H,26,29)(H,31,32). The lowest BCUT2D eigenvalue weighted by Crippen LogP contribution is -2.48. The molecule has 3 N–H and O–H groups in total. The summed E-state index contributed by atoms with van der Waals surface area (Å²) >= 11 is 6.05. The predicted octanol–water partition coefficient (Wildman–Crippen LogP) is 1.52. The van der Waals surface area contributed by atoms with Crippen molar-refractivity contribution < 1.29 is 33.0 Å². The summed E-state index contributed by atoms with van der Waals surface area (Å²) < 4.78 is 23.5. The fourth-order valence-corrected chi connectivity index (χ4v) is 5.18. The van der Waals surface area contributed by atoms with Gasteiger partial charge in [0, 0.05) is 36.8 Å². The summed E-state index contributed by atoms with van der Waals surface area (Å²) in [5.74, 6) is -3.30. The van der Waals surface area contributed by atoms with Crippen molar-refractivity contribution in [3.05, 3.63) is 59.1 Å². The molecule has 11 heteroatoms. The van der Waals surface area contributed by atoms with Gasteiger partial charge in [-0.15, -0.1) is 0 Å². The summed E-state index contributed by atoms with van der Waals surface area (Å²) in [6, 6.07) is 13.8. The van der Waals surface area contributed by atoms with Crippen molar-refractivity contribution in [2.45, 2.75) is 36.7 Å². The number of benzene rings is 2. The number of sulfone groups is 1. The average Bonchev–Trinajstić information content (AvgIpc) is 3.30. The molecule has 1 aliphatic heterocycles. The van der Waals surface area contributed by atoms with Gasteiger partial charge in [0.25, 0.3) is 0 Å². The summed E-state index contributed by atoms with van der Waals surface area (Å²) in [5, 5.41) is 21.3. The zero-order chi connectivity index (χ0) is 25.8. The van der Waals surface area contributed by atoms with E-state index in [1.807, 2.05) is 42.5 Å². The van der Waals surface area contributed by atoms with Crippen LogP contribution < -0.4 is 5.32 Å². The summed E-state index contributed by atoms with van der Waals surface area (Å²) in [4.78, 5) is 37.5. The van der Waals surface area contributed by atoms with E-state index in [1.54, 1.807) is 6.07 Å². The number of rotatable bonds is 8. The number of aliphatic hydroxyl groups is 1. The molecule has 3 atom stereocenters. The number of nitrogens with one attached hydrogen (secondary N) is 1. The highest BCUT2D eigenvalue weighted by atomic mass is 35.5. The van der Waals surface area contributed by atoms with Gasteiger partial charge in [-0.1, -0.05) is 48.0 Å². The Morgan fingerprint density at radius 2 is 1.83 bits per heavy atom. The van der Waals surface area contributed by atoms with Crippen LogP contribution in [0.25, 0.3) is 11.1 Å². The molecule has 35 heavy (non-hydrogen) atoms. The van der Waals surface area contributed by atoms with E-state index in [1.165, 1.54) is 4.90 Å². The maximum absolute atomic E-state index is 12.6. The number of carbonyl (C=O) groups is 3. The fraction of sp³-hybridized carbons (Fsp3) is 0.375. The minimum atomic E-state index is -3.34. The third kappa shape index (κ3) is 7.27. The first kappa shape index (κ1) is 26.7. The number of amides is 2. The van der Waals surface area contributed by atoms with Gasteiger partial charge in [0.05, 0.1) is 5.25 Å². The average molecular weight is 523 g/mol. The van der Waals surface area contributed by atoms with Crippen LogP contribution in [0.15, 0.2) is 48.5 Å². The number of carboxylic acids is 1. The zero-order valence-corrected chi connectivity index (χ0v) is 20.6. The van der Waals surface area contributed by atoms with E-state index in [9.17, 15) is 27.9 Å². The molecule has 0 bridgehead atoms. The lowest BCUT2D eigenvalue weighted by atomic mass is 9.98. The quantitative estimate of drug-likeness (QED) is 0.446. The molecule has 3 unspecified atom stereocenters. The first-order valence-corrected chi connectivity index (χ1v) is 13.3. The smallest absolute Gasteiger partial charge is 0.332 e. The SMILES string of the molecule is CS(=O)(=O)C1CCN(C(=O)C(=O)NC(Cc2ccc(-c3cccc(Cl)c3)cc2)CC(O)C(=O)O)C1. The molecule has 0 aliphatic carbocycles. The minimum absolute atomic E-state index is 0.0710. The van der Waals surface area contributed by atoms with Crippen molar-refractivity contribution in [3.8, 4) is 11.1 Å². The Balaban J connectivity index is 1.70. The van der Waals surface area contributed by atoms with Crippen molar-refractivity contribution in [2.75, 3.05) is 19.3 Å². The van der Waals surface area contributed by atoms with Crippen molar-refractivity contribution in [2.24, 2.45) is 0 Å². The van der Waals surface area contributed by atoms with E-state index in [0.29, 0.717) is 5.02 Å². The molecule has 2 aromatic rings. The number of halogens is 1. The number of aliphatic hydroxyl groups excluding tert-OH is 1. The molecule has 2 amide bonds. The van der Waals surface area contributed by atoms with Gasteiger partial charge in [-0.2, -0.15) is 0 Å². The summed E-state index contributed by atoms with van der Waals surface area (Å²) in [6.45, 7) is 0.0653. The van der Waals surface area contributed by atoms with Crippen LogP contribution in [-0.4, -0.2) is 78.1 Å². The van der Waals surface area contributed by atoms with Gasteiger partial charge in [-0.3, -0.25) is 9.59 Å². The van der Waals surface area contributed by atoms with Crippen molar-refractivity contribution in [1.29, 1.82) is 0 Å². The number of hydrogen-bond donors (Lipinski definition) is 3. The molecular formula is C24H27ClN2O7S. The second-order valence-electron chi connectivity index (χ2n) is 8.66. The van der Waals surface area contributed by atoms with Gasteiger partial charge >= 0.3 is 17.8 Å². The molecule has 3 rings (SSSR count). The summed E-state index contributed by atoms with van der Waals surface area (Å²) in [5.41, 5.74) is 2.58. The van der Waals surface area contributed by atoms with E-state index in [4.69, 9.17) is 16.7 Å². The number of hydrogen-bond acceptors (Lipinski definition) is 6. The van der Waals surface area contributed by atoms with Gasteiger partial charge < -0.3 is 20.4 Å². The Bertz CT molecular complexity index is 1200. The Labute approximate surface area is 208 Å². The molecular weight excluding hydrogens is 496 g/mol. The van der Waals surface area contributed by atoms with Gasteiger partial charge in [0.1, 0.15) is 0 Å². The van der Waals surface area contributed by atoms with E-state index in [-0.39, 0.29) is 32.4 Å². The number of carbonyl (C=O) groups excluding carboxylic acids is 2. The van der Waals surface area contributed by atoms with Gasteiger partial charge in [-0.05, 0) is 41.7 Å². The lowest BCUT2D eigenvalue weighted by molar-refractivity contribution is -0.148. The van der Waals surface area contributed by atoms with Crippen LogP contribution in [0.2, 0.25) is 5.02 Å². The van der Waals surface area contributed by atoms with E-state index in [2.05, 4.69) is 5.32 Å². The largest absolute Gasteiger partial charge is 0.479 e. The molecule has 2 aromatic carbocycles. The number of aliphatic carboxylic acids is 1. The lowest BCUT2D eigenvalue weighted by Gasteiger charge is -2.22. The van der Waals surface area contributed by atoms with Crippen LogP contribution in [0.4, 0.5) is 0 Å². The van der Waals surface area contributed by atoms with Gasteiger partial charge in [0.15, 0.2) is 15.9 Å². The first-order valence-electron chi connectivity index (χ1n) is 11.0. The fourth-order valence-electron chi connectivity index (χ4n) is 4.00. The number of likely N-dealkylation sites (tertiary alicyclic amines) is 1. The second-order valence-corrected chi connectivity index (χ2v) is 11.4. The maximum atomic E-state index is 12.6.